The Balaban J connectivity index is 1.53. The molecule has 176 valence electrons. The van der Waals surface area contributed by atoms with E-state index in [1.54, 1.807) is 30.3 Å². The molecule has 1 amide bonds. The van der Waals surface area contributed by atoms with Crippen LogP contribution in [-0.2, 0) is 32.5 Å². The lowest BCUT2D eigenvalue weighted by molar-refractivity contribution is -0.116. The van der Waals surface area contributed by atoms with E-state index < -0.39 is 10.0 Å². The smallest absolute Gasteiger partial charge is 0.243 e. The molecule has 1 N–H and O–H groups in total. The second-order valence-corrected chi connectivity index (χ2v) is 10.3. The fourth-order valence-electron chi connectivity index (χ4n) is 3.97. The standard InChI is InChI=1S/C23H27ClN4O4S/c1-3-28-21-7-6-18(33(30,31)27-10-12-32-13-11-27)15-20(21)25-22(28)8-9-23(29)26-19-14-17(24)5-4-16(19)2/h4-7,14-15H,3,8-13H2,1-2H3,(H,26,29). The number of nitrogens with zero attached hydrogens (tertiary/aromatic N) is 3. The summed E-state index contributed by atoms with van der Waals surface area (Å²) in [6.07, 6.45) is 0.674. The molecule has 0 saturated carbocycles. The van der Waals surface area contributed by atoms with Crippen molar-refractivity contribution < 1.29 is 17.9 Å². The van der Waals surface area contributed by atoms with Crippen LogP contribution in [0.4, 0.5) is 5.69 Å². The number of sulfonamides is 1. The molecule has 1 aliphatic heterocycles. The predicted molar refractivity (Wildman–Crippen MR) is 128 cm³/mol. The Morgan fingerprint density at radius 2 is 1.94 bits per heavy atom. The first-order valence-corrected chi connectivity index (χ1v) is 12.7. The zero-order valence-electron chi connectivity index (χ0n) is 18.7. The molecule has 0 atom stereocenters. The number of hydrogen-bond acceptors (Lipinski definition) is 5. The SMILES string of the molecule is CCn1c(CCC(=O)Nc2cc(Cl)ccc2C)nc2cc(S(=O)(=O)N3CCOCC3)ccc21. The minimum atomic E-state index is -3.60. The van der Waals surface area contributed by atoms with Crippen molar-refractivity contribution in [2.24, 2.45) is 0 Å². The molecule has 8 nitrogen and oxygen atoms in total. The maximum Gasteiger partial charge on any atom is 0.243 e. The van der Waals surface area contributed by atoms with Gasteiger partial charge in [-0.25, -0.2) is 13.4 Å². The number of rotatable bonds is 7. The van der Waals surface area contributed by atoms with Crippen LogP contribution in [0, 0.1) is 6.92 Å². The summed E-state index contributed by atoms with van der Waals surface area (Å²) in [5.74, 6) is 0.608. The molecule has 2 aromatic carbocycles. The van der Waals surface area contributed by atoms with Crippen molar-refractivity contribution in [3.63, 3.8) is 0 Å². The van der Waals surface area contributed by atoms with Crippen LogP contribution in [0.3, 0.4) is 0 Å². The van der Waals surface area contributed by atoms with E-state index in [4.69, 9.17) is 16.3 Å². The summed E-state index contributed by atoms with van der Waals surface area (Å²) in [5.41, 5.74) is 3.07. The second-order valence-electron chi connectivity index (χ2n) is 7.95. The van der Waals surface area contributed by atoms with Gasteiger partial charge in [-0.1, -0.05) is 17.7 Å². The molecule has 0 unspecified atom stereocenters. The molecule has 0 bridgehead atoms. The number of carbonyl (C=O) groups is 1. The van der Waals surface area contributed by atoms with Crippen molar-refractivity contribution in [3.8, 4) is 0 Å². The Labute approximate surface area is 198 Å². The zero-order chi connectivity index (χ0) is 23.6. The summed E-state index contributed by atoms with van der Waals surface area (Å²) in [7, 11) is -3.60. The number of anilines is 1. The summed E-state index contributed by atoms with van der Waals surface area (Å²) in [6, 6.07) is 10.4. The first-order valence-electron chi connectivity index (χ1n) is 10.9. The van der Waals surface area contributed by atoms with Gasteiger partial charge in [-0.2, -0.15) is 4.31 Å². The van der Waals surface area contributed by atoms with Gasteiger partial charge in [0.05, 0.1) is 29.1 Å². The van der Waals surface area contributed by atoms with Crippen LogP contribution in [0.15, 0.2) is 41.3 Å². The van der Waals surface area contributed by atoms with E-state index in [2.05, 4.69) is 10.3 Å². The fraction of sp³-hybridized carbons (Fsp3) is 0.391. The Morgan fingerprint density at radius 3 is 2.67 bits per heavy atom. The minimum Gasteiger partial charge on any atom is -0.379 e. The highest BCUT2D eigenvalue weighted by Crippen LogP contribution is 2.25. The molecular weight excluding hydrogens is 464 g/mol. The molecule has 4 rings (SSSR count). The summed E-state index contributed by atoms with van der Waals surface area (Å²) >= 11 is 6.04. The Kier molecular flexibility index (Phi) is 7.04. The van der Waals surface area contributed by atoms with Gasteiger partial charge in [0.2, 0.25) is 15.9 Å². The van der Waals surface area contributed by atoms with Gasteiger partial charge >= 0.3 is 0 Å². The van der Waals surface area contributed by atoms with Gasteiger partial charge < -0.3 is 14.6 Å². The average Bonchev–Trinajstić information content (AvgIpc) is 3.17. The van der Waals surface area contributed by atoms with Crippen LogP contribution in [0.2, 0.25) is 5.02 Å². The van der Waals surface area contributed by atoms with Crippen molar-refractivity contribution in [2.75, 3.05) is 31.6 Å². The number of morpholine rings is 1. The maximum absolute atomic E-state index is 13.0. The minimum absolute atomic E-state index is 0.134. The number of aromatic nitrogens is 2. The quantitative estimate of drug-likeness (QED) is 0.546. The predicted octanol–water partition coefficient (Wildman–Crippen LogP) is 3.61. The fourth-order valence-corrected chi connectivity index (χ4v) is 5.57. The molecule has 1 saturated heterocycles. The Bertz CT molecular complexity index is 1280. The van der Waals surface area contributed by atoms with Gasteiger partial charge in [0.1, 0.15) is 5.82 Å². The number of benzene rings is 2. The first-order chi connectivity index (χ1) is 15.8. The monoisotopic (exact) mass is 490 g/mol. The van der Waals surface area contributed by atoms with Gasteiger partial charge in [0.15, 0.2) is 0 Å². The van der Waals surface area contributed by atoms with Crippen molar-refractivity contribution >= 4 is 44.3 Å². The number of ether oxygens (including phenoxy) is 1. The van der Waals surface area contributed by atoms with Crippen molar-refractivity contribution in [2.45, 2.75) is 38.1 Å². The van der Waals surface area contributed by atoms with Crippen LogP contribution < -0.4 is 5.32 Å². The third-order valence-electron chi connectivity index (χ3n) is 5.77. The lowest BCUT2D eigenvalue weighted by Crippen LogP contribution is -2.40. The number of imidazole rings is 1. The molecule has 33 heavy (non-hydrogen) atoms. The molecule has 1 fully saturated rings. The van der Waals surface area contributed by atoms with Gasteiger partial charge in [0, 0.05) is 43.2 Å². The summed E-state index contributed by atoms with van der Waals surface area (Å²) < 4.78 is 34.7. The van der Waals surface area contributed by atoms with E-state index >= 15 is 0 Å². The largest absolute Gasteiger partial charge is 0.379 e. The number of nitrogens with one attached hydrogen (secondary N) is 1. The lowest BCUT2D eigenvalue weighted by Gasteiger charge is -2.26. The molecule has 1 aliphatic rings. The third-order valence-corrected chi connectivity index (χ3v) is 7.90. The van der Waals surface area contributed by atoms with E-state index in [0.29, 0.717) is 55.5 Å². The molecule has 10 heteroatoms. The van der Waals surface area contributed by atoms with Crippen LogP contribution in [0.5, 0.6) is 0 Å². The highest BCUT2D eigenvalue weighted by molar-refractivity contribution is 7.89. The highest BCUT2D eigenvalue weighted by atomic mass is 35.5. The molecule has 0 spiro atoms. The number of amides is 1. The van der Waals surface area contributed by atoms with Crippen LogP contribution in [0.25, 0.3) is 11.0 Å². The summed E-state index contributed by atoms with van der Waals surface area (Å²) in [4.78, 5) is 17.4. The number of halogens is 1. The van der Waals surface area contributed by atoms with Gasteiger partial charge in [-0.3, -0.25) is 4.79 Å². The second kappa shape index (κ2) is 9.80. The summed E-state index contributed by atoms with van der Waals surface area (Å²) in [5, 5.41) is 3.46. The van der Waals surface area contributed by atoms with E-state index in [1.807, 2.05) is 24.5 Å². The van der Waals surface area contributed by atoms with Gasteiger partial charge in [0.25, 0.3) is 0 Å². The number of hydrogen-bond donors (Lipinski definition) is 1. The van der Waals surface area contributed by atoms with Gasteiger partial charge in [-0.15, -0.1) is 0 Å². The zero-order valence-corrected chi connectivity index (χ0v) is 20.2. The van der Waals surface area contributed by atoms with Crippen LogP contribution in [-0.4, -0.2) is 54.5 Å². The maximum atomic E-state index is 13.0. The number of fused-ring (bicyclic) bond motifs is 1. The van der Waals surface area contributed by atoms with E-state index in [1.165, 1.54) is 4.31 Å². The normalized spacial score (nSPS) is 15.1. The third kappa shape index (κ3) is 5.06. The topological polar surface area (TPSA) is 93.5 Å². The van der Waals surface area contributed by atoms with Crippen LogP contribution in [0.1, 0.15) is 24.7 Å². The van der Waals surface area contributed by atoms with Crippen LogP contribution >= 0.6 is 11.6 Å². The van der Waals surface area contributed by atoms with E-state index in [0.717, 1.165) is 16.9 Å². The van der Waals surface area contributed by atoms with E-state index in [-0.39, 0.29) is 17.2 Å². The number of carbonyl (C=O) groups excluding carboxylic acids is 1. The number of aryl methyl sites for hydroxylation is 3. The lowest BCUT2D eigenvalue weighted by atomic mass is 10.2. The Hall–Kier alpha value is -2.46. The molecule has 2 heterocycles. The first kappa shape index (κ1) is 23.7. The summed E-state index contributed by atoms with van der Waals surface area (Å²) in [6.45, 7) is 6.05. The molecule has 3 aromatic rings. The average molecular weight is 491 g/mol. The molecular formula is C23H27ClN4O4S. The van der Waals surface area contributed by atoms with Crippen molar-refractivity contribution in [1.29, 1.82) is 0 Å². The van der Waals surface area contributed by atoms with E-state index in [9.17, 15) is 13.2 Å². The van der Waals surface area contributed by atoms with Crippen molar-refractivity contribution in [1.82, 2.24) is 13.9 Å². The van der Waals surface area contributed by atoms with Crippen molar-refractivity contribution in [3.05, 3.63) is 52.8 Å². The Morgan fingerprint density at radius 1 is 1.18 bits per heavy atom. The molecule has 0 aliphatic carbocycles. The highest BCUT2D eigenvalue weighted by Gasteiger charge is 2.27. The molecule has 1 aromatic heterocycles. The van der Waals surface area contributed by atoms with Gasteiger partial charge in [-0.05, 0) is 49.7 Å². The molecule has 0 radical (unpaired) electrons.